The van der Waals surface area contributed by atoms with Crippen LogP contribution >= 0.6 is 23.2 Å². The Morgan fingerprint density at radius 1 is 1.20 bits per heavy atom. The molecule has 136 valence electrons. The van der Waals surface area contributed by atoms with Crippen LogP contribution in [0.4, 0.5) is 17.2 Å². The zero-order valence-electron chi connectivity index (χ0n) is 14.4. The van der Waals surface area contributed by atoms with Crippen LogP contribution in [-0.2, 0) is 18.0 Å². The predicted molar refractivity (Wildman–Crippen MR) is 108 cm³/mol. The van der Waals surface area contributed by atoms with Crippen LogP contribution in [0.3, 0.4) is 0 Å². The molecule has 0 aliphatic rings. The molecule has 2 rings (SSSR count). The number of aryl methyl sites for hydroxylation is 2. The molecule has 5 nitrogen and oxygen atoms in total. The topological polar surface area (TPSA) is 63.1 Å². The van der Waals surface area contributed by atoms with Gasteiger partial charge in [-0.05, 0) is 44.0 Å². The van der Waals surface area contributed by atoms with Gasteiger partial charge in [0.2, 0.25) is 0 Å². The van der Waals surface area contributed by atoms with Crippen molar-refractivity contribution in [2.75, 3.05) is 21.7 Å². The van der Waals surface area contributed by atoms with E-state index >= 15 is 0 Å². The minimum Gasteiger partial charge on any atom is -0.339 e. The lowest BCUT2D eigenvalue weighted by molar-refractivity contribution is 0.685. The number of alkyl halides is 1. The third-order valence-electron chi connectivity index (χ3n) is 3.66. The number of benzene rings is 1. The quantitative estimate of drug-likeness (QED) is 0.686. The fourth-order valence-electron chi connectivity index (χ4n) is 2.33. The lowest BCUT2D eigenvalue weighted by Gasteiger charge is -2.18. The molecule has 0 bridgehead atoms. The Morgan fingerprint density at radius 2 is 1.92 bits per heavy atom. The molecule has 1 aromatic heterocycles. The first-order chi connectivity index (χ1) is 11.8. The van der Waals surface area contributed by atoms with E-state index in [0.717, 1.165) is 5.56 Å². The van der Waals surface area contributed by atoms with E-state index in [2.05, 4.69) is 10.0 Å². The lowest BCUT2D eigenvalue weighted by atomic mass is 10.2. The van der Waals surface area contributed by atoms with Crippen LogP contribution in [0.15, 0.2) is 29.1 Å². The highest BCUT2D eigenvalue weighted by atomic mass is 35.5. The Morgan fingerprint density at radius 3 is 2.56 bits per heavy atom. The van der Waals surface area contributed by atoms with Gasteiger partial charge in [-0.25, -0.2) is 4.21 Å². The normalized spacial score (nSPS) is 12.0. The molecule has 0 spiro atoms. The predicted octanol–water partition coefficient (Wildman–Crippen LogP) is 4.10. The van der Waals surface area contributed by atoms with Crippen molar-refractivity contribution >= 4 is 51.4 Å². The van der Waals surface area contributed by atoms with Gasteiger partial charge in [-0.15, -0.1) is 11.6 Å². The van der Waals surface area contributed by atoms with E-state index in [0.29, 0.717) is 45.8 Å². The molecule has 0 aliphatic heterocycles. The maximum atomic E-state index is 12.3. The van der Waals surface area contributed by atoms with Crippen LogP contribution in [0.5, 0.6) is 0 Å². The van der Waals surface area contributed by atoms with Crippen LogP contribution in [0.25, 0.3) is 0 Å². The third-order valence-corrected chi connectivity index (χ3v) is 5.35. The van der Waals surface area contributed by atoms with Crippen molar-refractivity contribution in [1.29, 1.82) is 0 Å². The molecule has 0 radical (unpaired) electrons. The second-order valence-electron chi connectivity index (χ2n) is 5.76. The maximum absolute atomic E-state index is 12.3. The van der Waals surface area contributed by atoms with Gasteiger partial charge in [0.15, 0.2) is 0 Å². The van der Waals surface area contributed by atoms with E-state index in [9.17, 15) is 9.00 Å². The molecule has 0 saturated heterocycles. The number of halogens is 2. The zero-order chi connectivity index (χ0) is 18.6. The Hall–Kier alpha value is -1.50. The van der Waals surface area contributed by atoms with Crippen molar-refractivity contribution in [3.8, 4) is 0 Å². The number of hydrogen-bond acceptors (Lipinski definition) is 3. The molecule has 0 fully saturated rings. The molecule has 0 saturated carbocycles. The fraction of sp³-hybridized carbons (Fsp3) is 0.353. The molecule has 2 N–H and O–H groups in total. The highest BCUT2D eigenvalue weighted by Crippen LogP contribution is 2.30. The van der Waals surface area contributed by atoms with E-state index < -0.39 is 11.0 Å². The number of anilines is 3. The number of nitrogens with zero attached hydrogens (tertiary/aromatic N) is 1. The van der Waals surface area contributed by atoms with Crippen molar-refractivity contribution in [2.24, 2.45) is 7.05 Å². The van der Waals surface area contributed by atoms with Crippen LogP contribution in [-0.4, -0.2) is 20.4 Å². The molecule has 8 heteroatoms. The standard InChI is InChI=1S/C17H21Cl2N3O2S/c1-11-5-6-14(13(19)9-11)20-16-15(21-25(24)8-4-7-18)10-12(2)17(23)22(16)3/h5-6,9-10,20-21H,4,7-8H2,1-3H3. The highest BCUT2D eigenvalue weighted by Gasteiger charge is 2.14. The van der Waals surface area contributed by atoms with Crippen LogP contribution in [0.1, 0.15) is 17.5 Å². The van der Waals surface area contributed by atoms with Gasteiger partial charge in [0, 0.05) is 24.2 Å². The first-order valence-electron chi connectivity index (χ1n) is 7.78. The molecule has 25 heavy (non-hydrogen) atoms. The van der Waals surface area contributed by atoms with Crippen LogP contribution in [0.2, 0.25) is 5.02 Å². The first-order valence-corrected chi connectivity index (χ1v) is 10.0. The molecular weight excluding hydrogens is 381 g/mol. The van der Waals surface area contributed by atoms with Gasteiger partial charge in [-0.2, -0.15) is 0 Å². The summed E-state index contributed by atoms with van der Waals surface area (Å²) in [5.74, 6) is 1.38. The number of pyridine rings is 1. The monoisotopic (exact) mass is 401 g/mol. The molecule has 0 aliphatic carbocycles. The van der Waals surface area contributed by atoms with E-state index in [4.69, 9.17) is 23.2 Å². The van der Waals surface area contributed by atoms with Gasteiger partial charge in [0.25, 0.3) is 5.56 Å². The number of hydrogen-bond donors (Lipinski definition) is 2. The molecule has 1 unspecified atom stereocenters. The Kier molecular flexibility index (Phi) is 6.93. The summed E-state index contributed by atoms with van der Waals surface area (Å²) in [5, 5.41) is 3.72. The van der Waals surface area contributed by atoms with E-state index in [-0.39, 0.29) is 5.56 Å². The minimum absolute atomic E-state index is 0.136. The molecule has 2 aromatic rings. The molecule has 1 aromatic carbocycles. The average Bonchev–Trinajstić information content (AvgIpc) is 2.56. The molecule has 0 amide bonds. The smallest absolute Gasteiger partial charge is 0.254 e. The minimum atomic E-state index is -1.29. The lowest BCUT2D eigenvalue weighted by Crippen LogP contribution is -2.24. The summed E-state index contributed by atoms with van der Waals surface area (Å²) >= 11 is 11.9. The number of aromatic nitrogens is 1. The second kappa shape index (κ2) is 8.74. The summed E-state index contributed by atoms with van der Waals surface area (Å²) in [6, 6.07) is 7.29. The van der Waals surface area contributed by atoms with Crippen molar-refractivity contribution in [1.82, 2.24) is 4.57 Å². The van der Waals surface area contributed by atoms with Gasteiger partial charge < -0.3 is 10.0 Å². The summed E-state index contributed by atoms with van der Waals surface area (Å²) in [4.78, 5) is 12.3. The van der Waals surface area contributed by atoms with Crippen molar-refractivity contribution in [3.05, 3.63) is 50.8 Å². The second-order valence-corrected chi connectivity index (χ2v) is 7.84. The molecule has 1 atom stereocenters. The first kappa shape index (κ1) is 19.8. The van der Waals surface area contributed by atoms with Gasteiger partial charge >= 0.3 is 0 Å². The number of rotatable bonds is 7. The summed E-state index contributed by atoms with van der Waals surface area (Å²) in [5.41, 5.74) is 2.70. The van der Waals surface area contributed by atoms with Gasteiger partial charge in [-0.1, -0.05) is 17.7 Å². The van der Waals surface area contributed by atoms with Crippen molar-refractivity contribution < 1.29 is 4.21 Å². The summed E-state index contributed by atoms with van der Waals surface area (Å²) in [6.45, 7) is 3.67. The Labute approximate surface area is 159 Å². The average molecular weight is 402 g/mol. The van der Waals surface area contributed by atoms with Gasteiger partial charge in [-0.3, -0.25) is 9.36 Å². The van der Waals surface area contributed by atoms with Crippen LogP contribution in [0, 0.1) is 13.8 Å². The van der Waals surface area contributed by atoms with E-state index in [1.807, 2.05) is 25.1 Å². The van der Waals surface area contributed by atoms with Gasteiger partial charge in [0.05, 0.1) is 16.4 Å². The zero-order valence-corrected chi connectivity index (χ0v) is 16.7. The van der Waals surface area contributed by atoms with Gasteiger partial charge in [0.1, 0.15) is 16.8 Å². The summed E-state index contributed by atoms with van der Waals surface area (Å²) in [7, 11) is 0.365. The number of nitrogens with one attached hydrogen (secondary N) is 2. The Balaban J connectivity index is 2.42. The van der Waals surface area contributed by atoms with E-state index in [1.54, 1.807) is 20.0 Å². The highest BCUT2D eigenvalue weighted by molar-refractivity contribution is 7.86. The third kappa shape index (κ3) is 5.00. The van der Waals surface area contributed by atoms with Crippen LogP contribution < -0.4 is 15.6 Å². The molecule has 1 heterocycles. The molecular formula is C17H21Cl2N3O2S. The maximum Gasteiger partial charge on any atom is 0.254 e. The van der Waals surface area contributed by atoms with Crippen molar-refractivity contribution in [2.45, 2.75) is 20.3 Å². The van der Waals surface area contributed by atoms with E-state index in [1.165, 1.54) is 4.57 Å². The Bertz CT molecular complexity index is 853. The van der Waals surface area contributed by atoms with Crippen molar-refractivity contribution in [3.63, 3.8) is 0 Å². The summed E-state index contributed by atoms with van der Waals surface area (Å²) in [6.07, 6.45) is 0.637. The fourth-order valence-corrected chi connectivity index (χ4v) is 3.81. The SMILES string of the molecule is Cc1ccc(Nc2c(NS(=O)CCCCl)cc(C)c(=O)n2C)c(Cl)c1. The largest absolute Gasteiger partial charge is 0.339 e. The summed E-state index contributed by atoms with van der Waals surface area (Å²) < 4.78 is 16.6.